The Hall–Kier alpha value is -1.96. The molecule has 0 radical (unpaired) electrons. The second kappa shape index (κ2) is 6.87. The van der Waals surface area contributed by atoms with Gasteiger partial charge in [0.15, 0.2) is 0 Å². The lowest BCUT2D eigenvalue weighted by atomic mass is 10.2. The minimum absolute atomic E-state index is 0.0283. The molecule has 22 heavy (non-hydrogen) atoms. The van der Waals surface area contributed by atoms with E-state index in [4.69, 9.17) is 0 Å². The van der Waals surface area contributed by atoms with Gasteiger partial charge in [-0.1, -0.05) is 0 Å². The average molecular weight is 317 g/mol. The quantitative estimate of drug-likeness (QED) is 0.876. The van der Waals surface area contributed by atoms with Gasteiger partial charge >= 0.3 is 6.18 Å². The molecule has 1 fully saturated rings. The Bertz CT molecular complexity index is 497. The number of carbonyl (C=O) groups is 1. The van der Waals surface area contributed by atoms with Crippen LogP contribution in [0, 0.1) is 0 Å². The predicted molar refractivity (Wildman–Crippen MR) is 75.8 cm³/mol. The van der Waals surface area contributed by atoms with Crippen molar-refractivity contribution >= 4 is 11.6 Å². The summed E-state index contributed by atoms with van der Waals surface area (Å²) in [7, 11) is 0. The molecule has 0 saturated carbocycles. The summed E-state index contributed by atoms with van der Waals surface area (Å²) in [5.41, 5.74) is 0.971. The van der Waals surface area contributed by atoms with Gasteiger partial charge in [-0.3, -0.25) is 9.69 Å². The maximum atomic E-state index is 12.0. The first-order valence-corrected chi connectivity index (χ1v) is 6.93. The van der Waals surface area contributed by atoms with Crippen LogP contribution in [0.15, 0.2) is 24.3 Å². The van der Waals surface area contributed by atoms with Crippen molar-refractivity contribution in [2.45, 2.75) is 6.18 Å². The Balaban J connectivity index is 1.75. The molecular formula is C14H18F3N3O2. The Kier molecular flexibility index (Phi) is 5.12. The summed E-state index contributed by atoms with van der Waals surface area (Å²) >= 11 is 0. The normalized spacial score (nSPS) is 16.6. The zero-order valence-electron chi connectivity index (χ0n) is 11.9. The Morgan fingerprint density at radius 3 is 2.27 bits per heavy atom. The van der Waals surface area contributed by atoms with Crippen molar-refractivity contribution in [2.24, 2.45) is 0 Å². The molecule has 5 nitrogen and oxygen atoms in total. The van der Waals surface area contributed by atoms with Gasteiger partial charge in [0, 0.05) is 31.9 Å². The van der Waals surface area contributed by atoms with E-state index in [2.05, 4.69) is 4.90 Å². The van der Waals surface area contributed by atoms with E-state index in [0.29, 0.717) is 26.2 Å². The lowest BCUT2D eigenvalue weighted by molar-refractivity contribution is -0.139. The van der Waals surface area contributed by atoms with Crippen molar-refractivity contribution in [3.05, 3.63) is 24.3 Å². The molecular weight excluding hydrogens is 299 g/mol. The fourth-order valence-electron chi connectivity index (χ4n) is 2.29. The molecule has 0 atom stereocenters. The predicted octanol–water partition coefficient (Wildman–Crippen LogP) is 1.19. The number of piperazine rings is 1. The molecule has 1 amide bonds. The topological polar surface area (TPSA) is 55.8 Å². The highest BCUT2D eigenvalue weighted by atomic mass is 19.4. The maximum Gasteiger partial charge on any atom is 0.405 e. The molecule has 0 aliphatic carbocycles. The van der Waals surface area contributed by atoms with Crippen LogP contribution < -0.4 is 10.2 Å². The number of aromatic hydroxyl groups is 1. The van der Waals surface area contributed by atoms with Crippen molar-refractivity contribution in [2.75, 3.05) is 44.2 Å². The fourth-order valence-corrected chi connectivity index (χ4v) is 2.29. The molecule has 8 heteroatoms. The average Bonchev–Trinajstić information content (AvgIpc) is 2.46. The van der Waals surface area contributed by atoms with Crippen LogP contribution in [0.5, 0.6) is 5.75 Å². The second-order valence-corrected chi connectivity index (χ2v) is 5.17. The van der Waals surface area contributed by atoms with Crippen LogP contribution in [0.25, 0.3) is 0 Å². The summed E-state index contributed by atoms with van der Waals surface area (Å²) in [6.45, 7) is 1.23. The number of phenolic OH excluding ortho intramolecular Hbond substituents is 1. The van der Waals surface area contributed by atoms with Gasteiger partial charge in [0.1, 0.15) is 12.3 Å². The third kappa shape index (κ3) is 5.10. The number of halogens is 3. The van der Waals surface area contributed by atoms with Crippen LogP contribution in [-0.4, -0.2) is 61.4 Å². The summed E-state index contributed by atoms with van der Waals surface area (Å²) < 4.78 is 36.0. The third-order valence-corrected chi connectivity index (χ3v) is 3.44. The molecule has 1 heterocycles. The van der Waals surface area contributed by atoms with E-state index >= 15 is 0 Å². The molecule has 1 aliphatic rings. The number of hydrogen-bond acceptors (Lipinski definition) is 4. The lowest BCUT2D eigenvalue weighted by Gasteiger charge is -2.35. The number of alkyl halides is 3. The maximum absolute atomic E-state index is 12.0. The van der Waals surface area contributed by atoms with Crippen molar-refractivity contribution in [1.82, 2.24) is 10.2 Å². The summed E-state index contributed by atoms with van der Waals surface area (Å²) in [5.74, 6) is -0.417. The van der Waals surface area contributed by atoms with Gasteiger partial charge in [0.25, 0.3) is 0 Å². The van der Waals surface area contributed by atoms with Crippen molar-refractivity contribution < 1.29 is 23.1 Å². The zero-order valence-corrected chi connectivity index (χ0v) is 11.9. The molecule has 0 bridgehead atoms. The number of rotatable bonds is 4. The highest BCUT2D eigenvalue weighted by Gasteiger charge is 2.28. The Morgan fingerprint density at radius 2 is 1.73 bits per heavy atom. The van der Waals surface area contributed by atoms with Crippen LogP contribution in [0.1, 0.15) is 0 Å². The summed E-state index contributed by atoms with van der Waals surface area (Å²) in [6, 6.07) is 6.82. The van der Waals surface area contributed by atoms with Gasteiger partial charge < -0.3 is 15.3 Å². The first-order valence-electron chi connectivity index (χ1n) is 6.93. The number of nitrogens with one attached hydrogen (secondary N) is 1. The minimum Gasteiger partial charge on any atom is -0.508 e. The first kappa shape index (κ1) is 16.4. The van der Waals surface area contributed by atoms with Gasteiger partial charge in [-0.25, -0.2) is 0 Å². The van der Waals surface area contributed by atoms with Crippen molar-refractivity contribution in [3.63, 3.8) is 0 Å². The smallest absolute Gasteiger partial charge is 0.405 e. The number of anilines is 1. The monoisotopic (exact) mass is 317 g/mol. The number of benzene rings is 1. The van der Waals surface area contributed by atoms with Crippen molar-refractivity contribution in [3.8, 4) is 5.75 Å². The third-order valence-electron chi connectivity index (χ3n) is 3.44. The van der Waals surface area contributed by atoms with E-state index in [-0.39, 0.29) is 12.3 Å². The molecule has 1 aromatic carbocycles. The van der Waals surface area contributed by atoms with Crippen LogP contribution in [0.2, 0.25) is 0 Å². The number of nitrogens with zero attached hydrogens (tertiary/aromatic N) is 2. The lowest BCUT2D eigenvalue weighted by Crippen LogP contribution is -2.50. The largest absolute Gasteiger partial charge is 0.508 e. The molecule has 122 valence electrons. The van der Waals surface area contributed by atoms with Crippen LogP contribution in [0.3, 0.4) is 0 Å². The molecule has 1 aromatic rings. The standard InChI is InChI=1S/C14H18F3N3O2/c15-14(16,17)10-18-13(22)9-19-5-7-20(8-6-19)11-1-3-12(21)4-2-11/h1-4,21H,5-10H2,(H,18,22). The molecule has 2 rings (SSSR count). The number of phenols is 1. The summed E-state index contributed by atoms with van der Waals surface area (Å²) in [4.78, 5) is 15.4. The van der Waals surface area contributed by atoms with Gasteiger partial charge in [0.05, 0.1) is 6.54 Å². The fraction of sp³-hybridized carbons (Fsp3) is 0.500. The van der Waals surface area contributed by atoms with Crippen LogP contribution in [-0.2, 0) is 4.79 Å². The highest BCUT2D eigenvalue weighted by Crippen LogP contribution is 2.19. The first-order chi connectivity index (χ1) is 10.3. The summed E-state index contributed by atoms with van der Waals surface area (Å²) in [6.07, 6.45) is -4.38. The van der Waals surface area contributed by atoms with E-state index < -0.39 is 18.6 Å². The van der Waals surface area contributed by atoms with Gasteiger partial charge in [-0.2, -0.15) is 13.2 Å². The SMILES string of the molecule is O=C(CN1CCN(c2ccc(O)cc2)CC1)NCC(F)(F)F. The number of hydrogen-bond donors (Lipinski definition) is 2. The molecule has 1 aliphatic heterocycles. The van der Waals surface area contributed by atoms with E-state index in [1.807, 2.05) is 10.2 Å². The van der Waals surface area contributed by atoms with Crippen LogP contribution in [0.4, 0.5) is 18.9 Å². The Morgan fingerprint density at radius 1 is 1.14 bits per heavy atom. The van der Waals surface area contributed by atoms with Gasteiger partial charge in [0.2, 0.25) is 5.91 Å². The van der Waals surface area contributed by atoms with E-state index in [0.717, 1.165) is 5.69 Å². The van der Waals surface area contributed by atoms with Crippen LogP contribution >= 0.6 is 0 Å². The molecule has 0 spiro atoms. The van der Waals surface area contributed by atoms with Gasteiger partial charge in [-0.05, 0) is 24.3 Å². The molecule has 2 N–H and O–H groups in total. The van der Waals surface area contributed by atoms with E-state index in [9.17, 15) is 23.1 Å². The van der Waals surface area contributed by atoms with E-state index in [1.54, 1.807) is 24.3 Å². The second-order valence-electron chi connectivity index (χ2n) is 5.17. The summed E-state index contributed by atoms with van der Waals surface area (Å²) in [5, 5.41) is 11.1. The number of amides is 1. The zero-order chi connectivity index (χ0) is 16.2. The van der Waals surface area contributed by atoms with E-state index in [1.165, 1.54) is 0 Å². The molecule has 0 aromatic heterocycles. The Labute approximate surface area is 126 Å². The molecule has 0 unspecified atom stereocenters. The minimum atomic E-state index is -4.38. The highest BCUT2D eigenvalue weighted by molar-refractivity contribution is 5.78. The molecule has 1 saturated heterocycles. The number of carbonyl (C=O) groups excluding carboxylic acids is 1. The van der Waals surface area contributed by atoms with Gasteiger partial charge in [-0.15, -0.1) is 0 Å². The van der Waals surface area contributed by atoms with Crippen molar-refractivity contribution in [1.29, 1.82) is 0 Å².